The van der Waals surface area contributed by atoms with Crippen LogP contribution < -0.4 is 5.32 Å². The zero-order chi connectivity index (χ0) is 16.8. The number of hydrogen-bond acceptors (Lipinski definition) is 6. The minimum absolute atomic E-state index is 0.000326. The molecule has 0 spiro atoms. The molecular weight excluding hydrogens is 344 g/mol. The van der Waals surface area contributed by atoms with Crippen molar-refractivity contribution in [3.8, 4) is 0 Å². The first-order chi connectivity index (χ1) is 11.7. The van der Waals surface area contributed by atoms with E-state index in [9.17, 15) is 4.79 Å². The van der Waals surface area contributed by atoms with Crippen LogP contribution in [0.3, 0.4) is 0 Å². The Kier molecular flexibility index (Phi) is 6.95. The first kappa shape index (κ1) is 18.2. The minimum atomic E-state index is -0.000326. The molecule has 2 aliphatic rings. The molecule has 24 heavy (non-hydrogen) atoms. The van der Waals surface area contributed by atoms with Gasteiger partial charge in [0.15, 0.2) is 0 Å². The van der Waals surface area contributed by atoms with Gasteiger partial charge in [-0.15, -0.1) is 11.3 Å². The average molecular weight is 371 g/mol. The van der Waals surface area contributed by atoms with Gasteiger partial charge in [0, 0.05) is 29.0 Å². The summed E-state index contributed by atoms with van der Waals surface area (Å²) in [4.78, 5) is 16.5. The summed E-state index contributed by atoms with van der Waals surface area (Å²) < 4.78 is 12.1. The van der Waals surface area contributed by atoms with E-state index in [2.05, 4.69) is 15.7 Å². The Bertz CT molecular complexity index is 524. The highest BCUT2D eigenvalue weighted by molar-refractivity contribution is 8.01. The molecule has 1 amide bonds. The number of amides is 1. The third-order valence-electron chi connectivity index (χ3n) is 4.47. The quantitative estimate of drug-likeness (QED) is 0.799. The molecule has 7 heteroatoms. The van der Waals surface area contributed by atoms with Gasteiger partial charge < -0.3 is 14.8 Å². The summed E-state index contributed by atoms with van der Waals surface area (Å²) in [5, 5.41) is 5.83. The number of thioether (sulfide) groups is 1. The minimum Gasteiger partial charge on any atom is -0.376 e. The summed E-state index contributed by atoms with van der Waals surface area (Å²) in [5.74, 6) is -0.000326. The highest BCUT2D eigenvalue weighted by Crippen LogP contribution is 2.35. The Hall–Kier alpha value is -0.630. The van der Waals surface area contributed by atoms with Crippen LogP contribution in [0.5, 0.6) is 0 Å². The van der Waals surface area contributed by atoms with Crippen LogP contribution in [0.1, 0.15) is 44.2 Å². The normalized spacial score (nSPS) is 27.3. The zero-order valence-corrected chi connectivity index (χ0v) is 15.8. The van der Waals surface area contributed by atoms with Crippen LogP contribution in [-0.2, 0) is 14.3 Å². The van der Waals surface area contributed by atoms with Gasteiger partial charge in [-0.05, 0) is 45.4 Å². The molecule has 2 fully saturated rings. The fourth-order valence-corrected chi connectivity index (χ4v) is 5.47. The molecule has 1 aliphatic heterocycles. The largest absolute Gasteiger partial charge is 0.376 e. The Morgan fingerprint density at radius 1 is 1.42 bits per heavy atom. The molecule has 134 valence electrons. The lowest BCUT2D eigenvalue weighted by atomic mass is 9.95. The lowest BCUT2D eigenvalue weighted by molar-refractivity contribution is -0.127. The molecule has 1 N–H and O–H groups in total. The molecule has 1 saturated carbocycles. The highest BCUT2D eigenvalue weighted by Gasteiger charge is 2.24. The second-order valence-electron chi connectivity index (χ2n) is 6.56. The number of nitrogens with zero attached hydrogens (tertiary/aromatic N) is 1. The maximum absolute atomic E-state index is 12.0. The molecule has 1 aromatic heterocycles. The second-order valence-corrected chi connectivity index (χ2v) is 8.97. The van der Waals surface area contributed by atoms with Crippen molar-refractivity contribution < 1.29 is 14.3 Å². The molecule has 2 heterocycles. The van der Waals surface area contributed by atoms with E-state index in [-0.39, 0.29) is 18.6 Å². The maximum atomic E-state index is 12.0. The van der Waals surface area contributed by atoms with Crippen molar-refractivity contribution >= 4 is 29.0 Å². The molecule has 1 aliphatic carbocycles. The Morgan fingerprint density at radius 2 is 2.25 bits per heavy atom. The summed E-state index contributed by atoms with van der Waals surface area (Å²) in [5.41, 5.74) is 1.10. The average Bonchev–Trinajstić information content (AvgIpc) is 3.21. The second kappa shape index (κ2) is 9.17. The van der Waals surface area contributed by atoms with E-state index in [1.165, 1.54) is 4.34 Å². The van der Waals surface area contributed by atoms with E-state index in [1.807, 2.05) is 18.7 Å². The third kappa shape index (κ3) is 5.72. The molecule has 1 atom stereocenters. The van der Waals surface area contributed by atoms with Gasteiger partial charge in [0.05, 0.1) is 12.7 Å². The summed E-state index contributed by atoms with van der Waals surface area (Å²) in [6.45, 7) is 3.53. The number of aryl methyl sites for hydroxylation is 1. The molecule has 0 radical (unpaired) electrons. The maximum Gasteiger partial charge on any atom is 0.246 e. The van der Waals surface area contributed by atoms with Gasteiger partial charge in [0.1, 0.15) is 10.9 Å². The zero-order valence-electron chi connectivity index (χ0n) is 14.2. The van der Waals surface area contributed by atoms with Gasteiger partial charge >= 0.3 is 0 Å². The number of carbonyl (C=O) groups excluding carboxylic acids is 1. The van der Waals surface area contributed by atoms with Crippen molar-refractivity contribution in [1.82, 2.24) is 10.3 Å². The molecule has 0 aromatic carbocycles. The van der Waals surface area contributed by atoms with Gasteiger partial charge in [-0.1, -0.05) is 11.8 Å². The van der Waals surface area contributed by atoms with Crippen LogP contribution in [0.25, 0.3) is 0 Å². The van der Waals surface area contributed by atoms with Gasteiger partial charge in [-0.25, -0.2) is 4.98 Å². The van der Waals surface area contributed by atoms with Crippen LogP contribution >= 0.6 is 23.1 Å². The summed E-state index contributed by atoms with van der Waals surface area (Å²) in [6, 6.07) is 0.290. The van der Waals surface area contributed by atoms with E-state index in [0.717, 1.165) is 50.8 Å². The number of thiazole rings is 1. The highest BCUT2D eigenvalue weighted by atomic mass is 32.2. The van der Waals surface area contributed by atoms with Crippen LogP contribution in [-0.4, -0.2) is 48.1 Å². The molecular formula is C17H26N2O3S2. The van der Waals surface area contributed by atoms with E-state index < -0.39 is 0 Å². The number of nitrogens with one attached hydrogen (secondary N) is 1. The first-order valence-electron chi connectivity index (χ1n) is 8.76. The van der Waals surface area contributed by atoms with Crippen LogP contribution in [0.15, 0.2) is 9.72 Å². The molecule has 5 nitrogen and oxygen atoms in total. The fraction of sp³-hybridized carbons (Fsp3) is 0.765. The predicted molar refractivity (Wildman–Crippen MR) is 96.7 cm³/mol. The Labute approximate surface area is 151 Å². The fourth-order valence-electron chi connectivity index (χ4n) is 3.18. The van der Waals surface area contributed by atoms with Crippen molar-refractivity contribution in [2.24, 2.45) is 0 Å². The van der Waals surface area contributed by atoms with Crippen LogP contribution in [0, 0.1) is 6.92 Å². The molecule has 1 saturated heterocycles. The summed E-state index contributed by atoms with van der Waals surface area (Å²) in [7, 11) is 0. The van der Waals surface area contributed by atoms with Gasteiger partial charge in [-0.3, -0.25) is 4.79 Å². The topological polar surface area (TPSA) is 60.5 Å². The van der Waals surface area contributed by atoms with Gasteiger partial charge in [-0.2, -0.15) is 0 Å². The molecule has 1 aromatic rings. The molecule has 1 unspecified atom stereocenters. The summed E-state index contributed by atoms with van der Waals surface area (Å²) >= 11 is 3.62. The van der Waals surface area contributed by atoms with Gasteiger partial charge in [0.2, 0.25) is 5.91 Å². The van der Waals surface area contributed by atoms with E-state index in [4.69, 9.17) is 9.47 Å². The molecule has 0 bridgehead atoms. The van der Waals surface area contributed by atoms with Crippen molar-refractivity contribution in [2.45, 2.75) is 67.2 Å². The third-order valence-corrected chi connectivity index (χ3v) is 6.89. The SMILES string of the molecule is Cc1csc(SC2CCC(NC(=O)COCC3CCCO3)CC2)n1. The van der Waals surface area contributed by atoms with Crippen molar-refractivity contribution in [1.29, 1.82) is 0 Å². The Morgan fingerprint density at radius 3 is 2.92 bits per heavy atom. The van der Waals surface area contributed by atoms with Crippen molar-refractivity contribution in [2.75, 3.05) is 19.8 Å². The molecule has 3 rings (SSSR count). The first-order valence-corrected chi connectivity index (χ1v) is 10.5. The van der Waals surface area contributed by atoms with Crippen LogP contribution in [0.4, 0.5) is 0 Å². The Balaban J connectivity index is 1.29. The van der Waals surface area contributed by atoms with Crippen LogP contribution in [0.2, 0.25) is 0 Å². The monoisotopic (exact) mass is 370 g/mol. The predicted octanol–water partition coefficient (Wildman–Crippen LogP) is 3.17. The van der Waals surface area contributed by atoms with E-state index in [1.54, 1.807) is 11.3 Å². The number of rotatable bonds is 7. The van der Waals surface area contributed by atoms with E-state index >= 15 is 0 Å². The smallest absolute Gasteiger partial charge is 0.246 e. The number of aromatic nitrogens is 1. The van der Waals surface area contributed by atoms with E-state index in [0.29, 0.717) is 17.9 Å². The van der Waals surface area contributed by atoms with Gasteiger partial charge in [0.25, 0.3) is 0 Å². The number of ether oxygens (including phenoxy) is 2. The summed E-state index contributed by atoms with van der Waals surface area (Å²) in [6.07, 6.45) is 6.67. The van der Waals surface area contributed by atoms with Crippen molar-refractivity contribution in [3.05, 3.63) is 11.1 Å². The number of hydrogen-bond donors (Lipinski definition) is 1. The lowest BCUT2D eigenvalue weighted by Gasteiger charge is -2.28. The number of carbonyl (C=O) groups is 1. The standard InChI is InChI=1S/C17H26N2O3S2/c1-12-11-23-17(18-12)24-15-6-4-13(5-7-15)19-16(20)10-21-9-14-3-2-8-22-14/h11,13-15H,2-10H2,1H3,(H,19,20). The van der Waals surface area contributed by atoms with Crippen molar-refractivity contribution in [3.63, 3.8) is 0 Å². The lowest BCUT2D eigenvalue weighted by Crippen LogP contribution is -2.40.